The molecule has 0 aliphatic carbocycles. The van der Waals surface area contributed by atoms with E-state index in [4.69, 9.17) is 11.6 Å². The van der Waals surface area contributed by atoms with Crippen molar-refractivity contribution in [1.82, 2.24) is 15.0 Å². The molecular formula is C13H11ClN4S. The van der Waals surface area contributed by atoms with Crippen LogP contribution in [0, 0.1) is 6.92 Å². The summed E-state index contributed by atoms with van der Waals surface area (Å²) in [5.41, 5.74) is 1.09. The van der Waals surface area contributed by atoms with Crippen molar-refractivity contribution in [2.45, 2.75) is 13.5 Å². The predicted octanol–water partition coefficient (Wildman–Crippen LogP) is 3.66. The first kappa shape index (κ1) is 12.3. The Hall–Kier alpha value is -1.72. The number of aromatic nitrogens is 3. The Bertz CT molecular complexity index is 711. The van der Waals surface area contributed by atoms with Gasteiger partial charge in [-0.15, -0.1) is 11.3 Å². The van der Waals surface area contributed by atoms with E-state index in [1.165, 1.54) is 4.88 Å². The average Bonchev–Trinajstić information content (AvgIpc) is 2.77. The molecule has 3 aromatic rings. The van der Waals surface area contributed by atoms with Crippen LogP contribution in [-0.4, -0.2) is 15.0 Å². The van der Waals surface area contributed by atoms with E-state index in [0.717, 1.165) is 21.6 Å². The molecule has 19 heavy (non-hydrogen) atoms. The van der Waals surface area contributed by atoms with Crippen LogP contribution in [0.1, 0.15) is 10.4 Å². The van der Waals surface area contributed by atoms with Gasteiger partial charge < -0.3 is 5.32 Å². The molecule has 0 aliphatic rings. The molecule has 6 heteroatoms. The van der Waals surface area contributed by atoms with Gasteiger partial charge in [0.2, 0.25) is 5.28 Å². The van der Waals surface area contributed by atoms with Crippen LogP contribution in [-0.2, 0) is 6.54 Å². The molecule has 0 unspecified atom stereocenters. The van der Waals surface area contributed by atoms with Crippen LogP contribution in [0.5, 0.6) is 0 Å². The summed E-state index contributed by atoms with van der Waals surface area (Å²) in [7, 11) is 0. The molecule has 3 heterocycles. The van der Waals surface area contributed by atoms with Gasteiger partial charge in [-0.05, 0) is 36.2 Å². The van der Waals surface area contributed by atoms with Crippen molar-refractivity contribution in [3.8, 4) is 0 Å². The monoisotopic (exact) mass is 290 g/mol. The summed E-state index contributed by atoms with van der Waals surface area (Å²) >= 11 is 7.56. The number of nitrogens with one attached hydrogen (secondary N) is 1. The number of fused-ring (bicyclic) bond motifs is 1. The second kappa shape index (κ2) is 5.11. The lowest BCUT2D eigenvalue weighted by molar-refractivity contribution is 1.08. The van der Waals surface area contributed by atoms with Gasteiger partial charge in [-0.3, -0.25) is 4.98 Å². The van der Waals surface area contributed by atoms with E-state index in [0.29, 0.717) is 6.54 Å². The third-order valence-electron chi connectivity index (χ3n) is 2.67. The molecule has 3 rings (SSSR count). The van der Waals surface area contributed by atoms with E-state index in [9.17, 15) is 0 Å². The molecule has 0 bridgehead atoms. The Balaban J connectivity index is 1.92. The van der Waals surface area contributed by atoms with Crippen LogP contribution >= 0.6 is 22.9 Å². The SMILES string of the molecule is Cc1cc2c(NCc3cccnc3)nc(Cl)nc2s1. The molecule has 0 saturated carbocycles. The Morgan fingerprint density at radius 2 is 2.26 bits per heavy atom. The predicted molar refractivity (Wildman–Crippen MR) is 78.7 cm³/mol. The first-order chi connectivity index (χ1) is 9.22. The fourth-order valence-electron chi connectivity index (χ4n) is 1.84. The fourth-order valence-corrected chi connectivity index (χ4v) is 2.94. The molecule has 0 radical (unpaired) electrons. The lowest BCUT2D eigenvalue weighted by Gasteiger charge is -2.06. The molecule has 3 aromatic heterocycles. The van der Waals surface area contributed by atoms with Crippen molar-refractivity contribution in [3.63, 3.8) is 0 Å². The number of thiophene rings is 1. The normalized spacial score (nSPS) is 10.8. The highest BCUT2D eigenvalue weighted by Crippen LogP contribution is 2.29. The maximum Gasteiger partial charge on any atom is 0.225 e. The van der Waals surface area contributed by atoms with Gasteiger partial charge in [-0.1, -0.05) is 6.07 Å². The molecule has 96 valence electrons. The number of nitrogens with zero attached hydrogens (tertiary/aromatic N) is 3. The lowest BCUT2D eigenvalue weighted by atomic mass is 10.3. The smallest absolute Gasteiger partial charge is 0.225 e. The number of hydrogen-bond acceptors (Lipinski definition) is 5. The van der Waals surface area contributed by atoms with Crippen molar-refractivity contribution >= 4 is 39.0 Å². The van der Waals surface area contributed by atoms with Gasteiger partial charge in [0, 0.05) is 23.8 Å². The zero-order valence-electron chi connectivity index (χ0n) is 10.2. The minimum Gasteiger partial charge on any atom is -0.365 e. The van der Waals surface area contributed by atoms with Crippen LogP contribution in [0.3, 0.4) is 0 Å². The van der Waals surface area contributed by atoms with Crippen molar-refractivity contribution in [1.29, 1.82) is 0 Å². The van der Waals surface area contributed by atoms with E-state index in [-0.39, 0.29) is 5.28 Å². The standard InChI is InChI=1S/C13H11ClN4S/c1-8-5-10-11(17-13(14)18-12(10)19-8)16-7-9-3-2-4-15-6-9/h2-6H,7H2,1H3,(H,16,17,18). The average molecular weight is 291 g/mol. The van der Waals surface area contributed by atoms with E-state index in [2.05, 4.69) is 26.3 Å². The second-order valence-corrected chi connectivity index (χ2v) is 5.70. The molecule has 0 fully saturated rings. The van der Waals surface area contributed by atoms with Crippen LogP contribution in [0.25, 0.3) is 10.2 Å². The van der Waals surface area contributed by atoms with Crippen LogP contribution in [0.2, 0.25) is 5.28 Å². The highest BCUT2D eigenvalue weighted by atomic mass is 35.5. The van der Waals surface area contributed by atoms with Crippen molar-refractivity contribution < 1.29 is 0 Å². The third-order valence-corrected chi connectivity index (χ3v) is 3.78. The summed E-state index contributed by atoms with van der Waals surface area (Å²) in [6.45, 7) is 2.70. The first-order valence-corrected chi connectivity index (χ1v) is 6.98. The molecule has 4 nitrogen and oxygen atoms in total. The first-order valence-electron chi connectivity index (χ1n) is 5.79. The Morgan fingerprint density at radius 3 is 3.05 bits per heavy atom. The summed E-state index contributed by atoms with van der Waals surface area (Å²) in [5.74, 6) is 0.767. The van der Waals surface area contributed by atoms with Gasteiger partial charge in [-0.2, -0.15) is 0 Å². The number of rotatable bonds is 3. The van der Waals surface area contributed by atoms with E-state index in [1.807, 2.05) is 25.3 Å². The van der Waals surface area contributed by atoms with Crippen LogP contribution < -0.4 is 5.32 Å². The van der Waals surface area contributed by atoms with E-state index < -0.39 is 0 Å². The van der Waals surface area contributed by atoms with Crippen LogP contribution in [0.4, 0.5) is 5.82 Å². The van der Waals surface area contributed by atoms with E-state index >= 15 is 0 Å². The molecule has 0 aromatic carbocycles. The fraction of sp³-hybridized carbons (Fsp3) is 0.154. The van der Waals surface area contributed by atoms with Gasteiger partial charge >= 0.3 is 0 Å². The van der Waals surface area contributed by atoms with Crippen molar-refractivity contribution in [2.75, 3.05) is 5.32 Å². The van der Waals surface area contributed by atoms with Gasteiger partial charge in [0.25, 0.3) is 0 Å². The summed E-state index contributed by atoms with van der Waals surface area (Å²) in [6.07, 6.45) is 3.58. The summed E-state index contributed by atoms with van der Waals surface area (Å²) in [6, 6.07) is 6.00. The molecule has 1 N–H and O–H groups in total. The molecule has 0 spiro atoms. The largest absolute Gasteiger partial charge is 0.365 e. The molecular weight excluding hydrogens is 280 g/mol. The maximum atomic E-state index is 5.95. The van der Waals surface area contributed by atoms with Gasteiger partial charge in [-0.25, -0.2) is 9.97 Å². The Morgan fingerprint density at radius 1 is 1.37 bits per heavy atom. The van der Waals surface area contributed by atoms with Crippen molar-refractivity contribution in [3.05, 3.63) is 46.3 Å². The lowest BCUT2D eigenvalue weighted by Crippen LogP contribution is -2.02. The Kier molecular flexibility index (Phi) is 3.31. The number of pyridine rings is 1. The van der Waals surface area contributed by atoms with E-state index in [1.54, 1.807) is 17.5 Å². The molecule has 0 atom stereocenters. The number of aryl methyl sites for hydroxylation is 1. The minimum absolute atomic E-state index is 0.267. The quantitative estimate of drug-likeness (QED) is 0.748. The zero-order valence-corrected chi connectivity index (χ0v) is 11.8. The number of anilines is 1. The van der Waals surface area contributed by atoms with Gasteiger partial charge in [0.1, 0.15) is 10.6 Å². The van der Waals surface area contributed by atoms with Crippen LogP contribution in [0.15, 0.2) is 30.6 Å². The molecule has 0 aliphatic heterocycles. The van der Waals surface area contributed by atoms with Crippen molar-refractivity contribution in [2.24, 2.45) is 0 Å². The number of halogens is 1. The highest BCUT2D eigenvalue weighted by Gasteiger charge is 2.09. The minimum atomic E-state index is 0.267. The second-order valence-electron chi connectivity index (χ2n) is 4.13. The topological polar surface area (TPSA) is 50.7 Å². The molecule has 0 saturated heterocycles. The number of hydrogen-bond donors (Lipinski definition) is 1. The molecule has 0 amide bonds. The Labute approximate surface area is 119 Å². The maximum absolute atomic E-state index is 5.95. The highest BCUT2D eigenvalue weighted by molar-refractivity contribution is 7.18. The van der Waals surface area contributed by atoms with Gasteiger partial charge in [0.15, 0.2) is 0 Å². The summed E-state index contributed by atoms with van der Waals surface area (Å²) < 4.78 is 0. The summed E-state index contributed by atoms with van der Waals surface area (Å²) in [4.78, 5) is 14.7. The third kappa shape index (κ3) is 2.67. The zero-order chi connectivity index (χ0) is 13.2. The van der Waals surface area contributed by atoms with Gasteiger partial charge in [0.05, 0.1) is 5.39 Å². The summed E-state index contributed by atoms with van der Waals surface area (Å²) in [5, 5.41) is 4.57.